The van der Waals surface area contributed by atoms with Gasteiger partial charge in [-0.3, -0.25) is 5.01 Å². The van der Waals surface area contributed by atoms with Crippen molar-refractivity contribution in [2.24, 2.45) is 5.10 Å². The molecule has 2 nitrogen and oxygen atoms in total. The standard InChI is InChI=1S/C4H6N2/c1-2-5-6-3-4(1)6/h2,4H,1,3H2. The lowest BCUT2D eigenvalue weighted by atomic mass is 10.4. The summed E-state index contributed by atoms with van der Waals surface area (Å²) in [4.78, 5) is 0. The van der Waals surface area contributed by atoms with Crippen LogP contribution in [0.25, 0.3) is 0 Å². The fraction of sp³-hybridized carbons (Fsp3) is 0.750. The minimum absolute atomic E-state index is 0.824. The van der Waals surface area contributed by atoms with Gasteiger partial charge in [0.2, 0.25) is 0 Å². The van der Waals surface area contributed by atoms with Crippen molar-refractivity contribution < 1.29 is 0 Å². The van der Waals surface area contributed by atoms with E-state index in [1.54, 1.807) is 0 Å². The maximum atomic E-state index is 4.02. The lowest BCUT2D eigenvalue weighted by Crippen LogP contribution is -1.79. The molecule has 0 saturated carbocycles. The van der Waals surface area contributed by atoms with Gasteiger partial charge in [-0.05, 0) is 0 Å². The Morgan fingerprint density at radius 2 is 2.83 bits per heavy atom. The minimum atomic E-state index is 0.824. The summed E-state index contributed by atoms with van der Waals surface area (Å²) in [7, 11) is 0. The van der Waals surface area contributed by atoms with Gasteiger partial charge in [0.15, 0.2) is 0 Å². The van der Waals surface area contributed by atoms with Gasteiger partial charge in [0.25, 0.3) is 0 Å². The lowest BCUT2D eigenvalue weighted by Gasteiger charge is -1.77. The number of nitrogens with zero attached hydrogens (tertiary/aromatic N) is 2. The summed E-state index contributed by atoms with van der Waals surface area (Å²) in [6.45, 7) is 1.22. The Morgan fingerprint density at radius 3 is 3.00 bits per heavy atom. The van der Waals surface area contributed by atoms with Crippen LogP contribution in [-0.4, -0.2) is 23.8 Å². The predicted octanol–water partition coefficient (Wildman–Crippen LogP) is 0.0601. The summed E-state index contributed by atoms with van der Waals surface area (Å²) in [6, 6.07) is 0.824. The van der Waals surface area contributed by atoms with Crippen LogP contribution in [0.3, 0.4) is 0 Å². The highest BCUT2D eigenvalue weighted by molar-refractivity contribution is 5.61. The molecule has 1 unspecified atom stereocenters. The van der Waals surface area contributed by atoms with Gasteiger partial charge in [0, 0.05) is 12.6 Å². The molecule has 32 valence electrons. The number of hydrogen-bond acceptors (Lipinski definition) is 2. The Hall–Kier alpha value is -0.530. The zero-order chi connectivity index (χ0) is 3.98. The molecule has 0 radical (unpaired) electrons. The van der Waals surface area contributed by atoms with Crippen LogP contribution < -0.4 is 0 Å². The second-order valence-corrected chi connectivity index (χ2v) is 1.81. The number of rotatable bonds is 0. The molecule has 2 heteroatoms. The number of hydrogen-bond donors (Lipinski definition) is 0. The lowest BCUT2D eigenvalue weighted by molar-refractivity contribution is 0.582. The Morgan fingerprint density at radius 1 is 1.83 bits per heavy atom. The summed E-state index contributed by atoms with van der Waals surface area (Å²) >= 11 is 0. The Balaban J connectivity index is 2.26. The zero-order valence-electron chi connectivity index (χ0n) is 3.46. The number of fused-ring (bicyclic) bond motifs is 1. The summed E-state index contributed by atoms with van der Waals surface area (Å²) in [5.41, 5.74) is 0. The van der Waals surface area contributed by atoms with Crippen molar-refractivity contribution in [3.8, 4) is 0 Å². The molecule has 2 rings (SSSR count). The molecular formula is C4H6N2. The van der Waals surface area contributed by atoms with E-state index in [0.717, 1.165) is 6.04 Å². The third-order valence-corrected chi connectivity index (χ3v) is 1.29. The fourth-order valence-corrected chi connectivity index (χ4v) is 0.780. The zero-order valence-corrected chi connectivity index (χ0v) is 3.46. The highest BCUT2D eigenvalue weighted by atomic mass is 15.6. The molecule has 1 atom stereocenters. The monoisotopic (exact) mass is 82.1 g/mol. The summed E-state index contributed by atoms with van der Waals surface area (Å²) in [6.07, 6.45) is 3.17. The molecule has 0 bridgehead atoms. The molecule has 0 spiro atoms. The highest BCUT2D eigenvalue weighted by Crippen LogP contribution is 2.24. The van der Waals surface area contributed by atoms with Crippen LogP contribution in [0.2, 0.25) is 0 Å². The van der Waals surface area contributed by atoms with Crippen LogP contribution in [0.1, 0.15) is 6.42 Å². The highest BCUT2D eigenvalue weighted by Gasteiger charge is 2.35. The Kier molecular flexibility index (Phi) is 0.261. The van der Waals surface area contributed by atoms with E-state index in [1.165, 1.54) is 13.0 Å². The van der Waals surface area contributed by atoms with Crippen LogP contribution in [0.15, 0.2) is 5.10 Å². The first-order valence-electron chi connectivity index (χ1n) is 2.26. The van der Waals surface area contributed by atoms with Crippen LogP contribution in [-0.2, 0) is 0 Å². The summed E-state index contributed by atoms with van der Waals surface area (Å²) in [5.74, 6) is 0. The quantitative estimate of drug-likeness (QED) is 0.377. The van der Waals surface area contributed by atoms with Crippen LogP contribution >= 0.6 is 0 Å². The summed E-state index contributed by atoms with van der Waals surface area (Å²) < 4.78 is 0. The molecule has 0 aliphatic carbocycles. The smallest absolute Gasteiger partial charge is 0.0713 e. The van der Waals surface area contributed by atoms with E-state index in [1.807, 2.05) is 6.21 Å². The van der Waals surface area contributed by atoms with Crippen molar-refractivity contribution in [1.82, 2.24) is 5.01 Å². The van der Waals surface area contributed by atoms with Gasteiger partial charge in [0.05, 0.1) is 12.6 Å². The molecule has 1 fully saturated rings. The van der Waals surface area contributed by atoms with E-state index in [-0.39, 0.29) is 0 Å². The third kappa shape index (κ3) is 0.161. The van der Waals surface area contributed by atoms with Gasteiger partial charge in [-0.1, -0.05) is 0 Å². The molecule has 1 saturated heterocycles. The van der Waals surface area contributed by atoms with E-state index in [9.17, 15) is 0 Å². The first-order chi connectivity index (χ1) is 2.97. The van der Waals surface area contributed by atoms with Gasteiger partial charge >= 0.3 is 0 Å². The van der Waals surface area contributed by atoms with E-state index in [4.69, 9.17) is 0 Å². The van der Waals surface area contributed by atoms with E-state index in [0.29, 0.717) is 0 Å². The van der Waals surface area contributed by atoms with Crippen molar-refractivity contribution >= 4 is 6.21 Å². The molecule has 0 aromatic rings. The second kappa shape index (κ2) is 0.600. The van der Waals surface area contributed by atoms with Crippen LogP contribution in [0.5, 0.6) is 0 Å². The van der Waals surface area contributed by atoms with Crippen LogP contribution in [0.4, 0.5) is 0 Å². The van der Waals surface area contributed by atoms with E-state index < -0.39 is 0 Å². The SMILES string of the molecule is C1=NN2CC2C1. The molecule has 2 aliphatic heterocycles. The van der Waals surface area contributed by atoms with Gasteiger partial charge in [0.1, 0.15) is 0 Å². The predicted molar refractivity (Wildman–Crippen MR) is 23.6 cm³/mol. The molecule has 0 N–H and O–H groups in total. The van der Waals surface area contributed by atoms with Gasteiger partial charge in [-0.15, -0.1) is 0 Å². The normalized spacial score (nSPS) is 37.3. The molecule has 6 heavy (non-hydrogen) atoms. The average Bonchev–Trinajstić information content (AvgIpc) is 2.17. The van der Waals surface area contributed by atoms with Gasteiger partial charge in [-0.25, -0.2) is 0 Å². The first-order valence-corrected chi connectivity index (χ1v) is 2.26. The van der Waals surface area contributed by atoms with Crippen molar-refractivity contribution in [2.45, 2.75) is 12.5 Å². The number of hydrazone groups is 1. The average molecular weight is 82.1 g/mol. The molecule has 0 aromatic carbocycles. The maximum Gasteiger partial charge on any atom is 0.0713 e. The second-order valence-electron chi connectivity index (χ2n) is 1.81. The third-order valence-electron chi connectivity index (χ3n) is 1.29. The molecule has 2 heterocycles. The maximum absolute atomic E-state index is 4.02. The largest absolute Gasteiger partial charge is 0.290 e. The molecular weight excluding hydrogens is 76.1 g/mol. The molecule has 2 aliphatic rings. The first kappa shape index (κ1) is 2.61. The topological polar surface area (TPSA) is 15.4 Å². The van der Waals surface area contributed by atoms with Crippen LogP contribution in [0, 0.1) is 0 Å². The minimum Gasteiger partial charge on any atom is -0.290 e. The Labute approximate surface area is 36.4 Å². The fourth-order valence-electron chi connectivity index (χ4n) is 0.780. The van der Waals surface area contributed by atoms with E-state index in [2.05, 4.69) is 10.1 Å². The summed E-state index contributed by atoms with van der Waals surface area (Å²) in [5, 5.41) is 6.12. The van der Waals surface area contributed by atoms with Crippen molar-refractivity contribution in [1.29, 1.82) is 0 Å². The van der Waals surface area contributed by atoms with Gasteiger partial charge < -0.3 is 0 Å². The molecule has 0 amide bonds. The molecule has 0 aromatic heterocycles. The van der Waals surface area contributed by atoms with Crippen molar-refractivity contribution in [2.75, 3.05) is 6.54 Å². The van der Waals surface area contributed by atoms with Crippen molar-refractivity contribution in [3.63, 3.8) is 0 Å². The van der Waals surface area contributed by atoms with E-state index >= 15 is 0 Å². The Bertz CT molecular complexity index is 97.7. The van der Waals surface area contributed by atoms with Crippen molar-refractivity contribution in [3.05, 3.63) is 0 Å². The van der Waals surface area contributed by atoms with Gasteiger partial charge in [-0.2, -0.15) is 5.10 Å².